The molecule has 0 aromatic rings. The van der Waals surface area contributed by atoms with Crippen molar-refractivity contribution < 1.29 is 0 Å². The van der Waals surface area contributed by atoms with E-state index in [9.17, 15) is 0 Å². The van der Waals surface area contributed by atoms with Gasteiger partial charge in [-0.25, -0.2) is 0 Å². The third kappa shape index (κ3) is 7.71. The van der Waals surface area contributed by atoms with E-state index >= 15 is 0 Å². The van der Waals surface area contributed by atoms with E-state index in [2.05, 4.69) is 30.6 Å². The van der Waals surface area contributed by atoms with Gasteiger partial charge in [0.25, 0.3) is 0 Å². The van der Waals surface area contributed by atoms with Crippen molar-refractivity contribution in [3.05, 3.63) is 0 Å². The second kappa shape index (κ2) is 9.07. The molecule has 0 radical (unpaired) electrons. The summed E-state index contributed by atoms with van der Waals surface area (Å²) in [5.74, 6) is 0. The highest BCUT2D eigenvalue weighted by atomic mass is 32.1. The molecule has 15 heavy (non-hydrogen) atoms. The monoisotopic (exact) mass is 231 g/mol. The normalized spacial score (nSPS) is 11.3. The molecule has 0 aliphatic carbocycles. The van der Waals surface area contributed by atoms with Crippen LogP contribution in [0.25, 0.3) is 0 Å². The molecule has 0 amide bonds. The Morgan fingerprint density at radius 2 is 1.47 bits per heavy atom. The second-order valence-electron chi connectivity index (χ2n) is 3.72. The highest BCUT2D eigenvalue weighted by molar-refractivity contribution is 7.80. The summed E-state index contributed by atoms with van der Waals surface area (Å²) in [5.41, 5.74) is 5.53. The molecule has 0 spiro atoms. The summed E-state index contributed by atoms with van der Waals surface area (Å²) >= 11 is 4.91. The molecule has 2 N–H and O–H groups in total. The van der Waals surface area contributed by atoms with Gasteiger partial charge >= 0.3 is 0 Å². The molecule has 4 heteroatoms. The van der Waals surface area contributed by atoms with Crippen LogP contribution >= 0.6 is 12.2 Å². The number of nitrogens with zero attached hydrogens (tertiary/aromatic N) is 2. The van der Waals surface area contributed by atoms with Gasteiger partial charge in [0, 0.05) is 6.54 Å². The number of nitrogens with two attached hydrogens (primary N) is 1. The molecule has 0 saturated heterocycles. The fourth-order valence-corrected chi connectivity index (χ4v) is 1.81. The summed E-state index contributed by atoms with van der Waals surface area (Å²) < 4.78 is 0. The lowest BCUT2D eigenvalue weighted by Crippen LogP contribution is -2.35. The highest BCUT2D eigenvalue weighted by Crippen LogP contribution is 1.95. The summed E-state index contributed by atoms with van der Waals surface area (Å²) in [5, 5.41) is 0. The van der Waals surface area contributed by atoms with E-state index in [4.69, 9.17) is 18.0 Å². The van der Waals surface area contributed by atoms with Crippen LogP contribution in [-0.2, 0) is 0 Å². The van der Waals surface area contributed by atoms with Gasteiger partial charge < -0.3 is 10.6 Å². The number of hydrogen-bond donors (Lipinski definition) is 1. The topological polar surface area (TPSA) is 32.5 Å². The fraction of sp³-hybridized carbons (Fsp3) is 0.909. The zero-order valence-electron chi connectivity index (χ0n) is 10.3. The first-order chi connectivity index (χ1) is 7.13. The van der Waals surface area contributed by atoms with Crippen molar-refractivity contribution in [2.75, 3.05) is 39.3 Å². The van der Waals surface area contributed by atoms with E-state index in [1.54, 1.807) is 0 Å². The number of likely N-dealkylation sites (N-methyl/N-ethyl adjacent to an activating group) is 1. The molecule has 0 aliphatic heterocycles. The SMILES string of the molecule is CCN(CC)CCCN(CC)CC(N)=S. The van der Waals surface area contributed by atoms with Gasteiger partial charge in [-0.15, -0.1) is 0 Å². The Kier molecular flexibility index (Phi) is 8.95. The Morgan fingerprint density at radius 3 is 1.87 bits per heavy atom. The molecule has 0 heterocycles. The largest absolute Gasteiger partial charge is 0.392 e. The van der Waals surface area contributed by atoms with Crippen LogP contribution in [0.15, 0.2) is 0 Å². The van der Waals surface area contributed by atoms with Gasteiger partial charge in [-0.2, -0.15) is 0 Å². The lowest BCUT2D eigenvalue weighted by atomic mass is 10.3. The van der Waals surface area contributed by atoms with Crippen molar-refractivity contribution in [2.24, 2.45) is 5.73 Å². The highest BCUT2D eigenvalue weighted by Gasteiger charge is 2.04. The summed E-state index contributed by atoms with van der Waals surface area (Å²) in [6, 6.07) is 0. The molecule has 0 saturated carbocycles. The summed E-state index contributed by atoms with van der Waals surface area (Å²) in [6.07, 6.45) is 1.19. The van der Waals surface area contributed by atoms with Gasteiger partial charge in [0.15, 0.2) is 0 Å². The van der Waals surface area contributed by atoms with Crippen molar-refractivity contribution in [1.82, 2.24) is 9.80 Å². The Morgan fingerprint density at radius 1 is 1.00 bits per heavy atom. The molecule has 0 bridgehead atoms. The fourth-order valence-electron chi connectivity index (χ4n) is 1.63. The number of thiocarbonyl (C=S) groups is 1. The van der Waals surface area contributed by atoms with Crippen LogP contribution in [0.5, 0.6) is 0 Å². The van der Waals surface area contributed by atoms with Crippen molar-refractivity contribution in [2.45, 2.75) is 27.2 Å². The smallest absolute Gasteiger partial charge is 0.0870 e. The van der Waals surface area contributed by atoms with E-state index < -0.39 is 0 Å². The molecule has 0 aromatic heterocycles. The Hall–Kier alpha value is -0.190. The molecule has 0 aromatic carbocycles. The van der Waals surface area contributed by atoms with Crippen LogP contribution in [0.2, 0.25) is 0 Å². The van der Waals surface area contributed by atoms with E-state index in [-0.39, 0.29) is 0 Å². The summed E-state index contributed by atoms with van der Waals surface area (Å²) in [6.45, 7) is 12.9. The molecule has 0 fully saturated rings. The molecule has 90 valence electrons. The van der Waals surface area contributed by atoms with Gasteiger partial charge in [0.05, 0.1) is 4.99 Å². The molecule has 3 nitrogen and oxygen atoms in total. The van der Waals surface area contributed by atoms with Crippen molar-refractivity contribution in [3.8, 4) is 0 Å². The Bertz CT molecular complexity index is 169. The standard InChI is InChI=1S/C11H25N3S/c1-4-13(5-2)8-7-9-14(6-3)10-11(12)15/h4-10H2,1-3H3,(H2,12,15). The van der Waals surface area contributed by atoms with Crippen molar-refractivity contribution in [3.63, 3.8) is 0 Å². The number of rotatable bonds is 9. The van der Waals surface area contributed by atoms with Crippen LogP contribution in [0.3, 0.4) is 0 Å². The van der Waals surface area contributed by atoms with Gasteiger partial charge in [-0.05, 0) is 39.1 Å². The maximum Gasteiger partial charge on any atom is 0.0870 e. The van der Waals surface area contributed by atoms with Crippen molar-refractivity contribution in [1.29, 1.82) is 0 Å². The third-order valence-corrected chi connectivity index (χ3v) is 2.80. The van der Waals surface area contributed by atoms with E-state index in [1.165, 1.54) is 13.0 Å². The van der Waals surface area contributed by atoms with Crippen LogP contribution in [0.1, 0.15) is 27.2 Å². The van der Waals surface area contributed by atoms with Crippen LogP contribution in [0, 0.1) is 0 Å². The average molecular weight is 231 g/mol. The van der Waals surface area contributed by atoms with E-state index in [0.717, 1.165) is 32.7 Å². The molecular weight excluding hydrogens is 206 g/mol. The van der Waals surface area contributed by atoms with Gasteiger partial charge in [0.2, 0.25) is 0 Å². The van der Waals surface area contributed by atoms with Gasteiger partial charge in [-0.3, -0.25) is 4.90 Å². The first-order valence-electron chi connectivity index (χ1n) is 5.87. The lowest BCUT2D eigenvalue weighted by molar-refractivity contribution is 0.260. The minimum Gasteiger partial charge on any atom is -0.392 e. The first kappa shape index (κ1) is 14.8. The molecule has 0 unspecified atom stereocenters. The second-order valence-corrected chi connectivity index (χ2v) is 4.24. The van der Waals surface area contributed by atoms with Gasteiger partial charge in [0.1, 0.15) is 0 Å². The summed E-state index contributed by atoms with van der Waals surface area (Å²) in [7, 11) is 0. The van der Waals surface area contributed by atoms with Gasteiger partial charge in [-0.1, -0.05) is 33.0 Å². The minimum atomic E-state index is 0.597. The quantitative estimate of drug-likeness (QED) is 0.607. The van der Waals surface area contributed by atoms with Crippen LogP contribution in [0.4, 0.5) is 0 Å². The van der Waals surface area contributed by atoms with Crippen LogP contribution in [-0.4, -0.2) is 54.1 Å². The lowest BCUT2D eigenvalue weighted by Gasteiger charge is -2.22. The molecule has 0 rings (SSSR count). The van der Waals surface area contributed by atoms with E-state index in [0.29, 0.717) is 4.99 Å². The molecule has 0 atom stereocenters. The maximum atomic E-state index is 5.53. The number of hydrogen-bond acceptors (Lipinski definition) is 3. The predicted octanol–water partition coefficient (Wildman–Crippen LogP) is 1.33. The molecular formula is C11H25N3S. The van der Waals surface area contributed by atoms with Crippen molar-refractivity contribution >= 4 is 17.2 Å². The average Bonchev–Trinajstić information content (AvgIpc) is 2.22. The Balaban J connectivity index is 3.66. The van der Waals surface area contributed by atoms with E-state index in [1.807, 2.05) is 0 Å². The first-order valence-corrected chi connectivity index (χ1v) is 6.27. The Labute approximate surface area is 99.6 Å². The minimum absolute atomic E-state index is 0.597. The van der Waals surface area contributed by atoms with Crippen LogP contribution < -0.4 is 5.73 Å². The molecule has 0 aliphatic rings. The summed E-state index contributed by atoms with van der Waals surface area (Å²) in [4.78, 5) is 5.33. The third-order valence-electron chi connectivity index (χ3n) is 2.67. The predicted molar refractivity (Wildman–Crippen MR) is 71.3 cm³/mol. The maximum absolute atomic E-state index is 5.53. The zero-order valence-corrected chi connectivity index (χ0v) is 11.1. The zero-order chi connectivity index (χ0) is 11.7.